The number of hydrogen-bond acceptors (Lipinski definition) is 4. The van der Waals surface area contributed by atoms with Gasteiger partial charge in [0.15, 0.2) is 11.5 Å². The molecule has 0 bridgehead atoms. The molecule has 5 nitrogen and oxygen atoms in total. The fourth-order valence-electron chi connectivity index (χ4n) is 3.88. The van der Waals surface area contributed by atoms with Crippen molar-refractivity contribution < 1.29 is 14.3 Å². The maximum atomic E-state index is 12.6. The Balaban J connectivity index is 1.92. The average Bonchev–Trinajstić information content (AvgIpc) is 3.13. The predicted octanol–water partition coefficient (Wildman–Crippen LogP) is 4.10. The van der Waals surface area contributed by atoms with E-state index in [1.165, 1.54) is 0 Å². The third-order valence-corrected chi connectivity index (χ3v) is 5.16. The molecule has 0 fully saturated rings. The number of para-hydroxylation sites is 2. The van der Waals surface area contributed by atoms with Crippen molar-refractivity contribution in [3.8, 4) is 11.5 Å². The molecular formula is C23H22N2O3. The van der Waals surface area contributed by atoms with Gasteiger partial charge in [-0.25, -0.2) is 4.98 Å². The number of carbonyl (C=O) groups excluding carboxylic acids is 1. The Morgan fingerprint density at radius 1 is 1.07 bits per heavy atom. The van der Waals surface area contributed by atoms with Crippen molar-refractivity contribution in [1.82, 2.24) is 10.3 Å². The molecule has 1 heterocycles. The Hall–Kier alpha value is -3.34. The number of amides is 1. The molecule has 5 heteroatoms. The van der Waals surface area contributed by atoms with Crippen LogP contribution < -0.4 is 14.8 Å². The van der Waals surface area contributed by atoms with Gasteiger partial charge in [-0.3, -0.25) is 4.79 Å². The Morgan fingerprint density at radius 3 is 2.64 bits per heavy atom. The number of ether oxygens (including phenoxy) is 2. The van der Waals surface area contributed by atoms with Crippen molar-refractivity contribution in [2.45, 2.75) is 12.8 Å². The number of pyridine rings is 1. The number of carbonyl (C=O) groups is 1. The number of hydrogen-bond donors (Lipinski definition) is 1. The summed E-state index contributed by atoms with van der Waals surface area (Å²) in [5, 5.41) is 3.67. The second-order valence-electron chi connectivity index (χ2n) is 6.66. The summed E-state index contributed by atoms with van der Waals surface area (Å²) in [5.74, 6) is 1.31. The van der Waals surface area contributed by atoms with E-state index in [0.29, 0.717) is 11.5 Å². The highest BCUT2D eigenvalue weighted by Gasteiger charge is 2.26. The van der Waals surface area contributed by atoms with E-state index in [4.69, 9.17) is 14.5 Å². The number of allylic oxidation sites excluding steroid dienone is 1. The quantitative estimate of drug-likeness (QED) is 0.747. The maximum Gasteiger partial charge on any atom is 0.252 e. The topological polar surface area (TPSA) is 60.5 Å². The molecule has 0 radical (unpaired) electrons. The molecule has 2 aromatic carbocycles. The smallest absolute Gasteiger partial charge is 0.252 e. The number of rotatable bonds is 4. The molecule has 1 amide bonds. The lowest BCUT2D eigenvalue weighted by atomic mass is 10.00. The van der Waals surface area contributed by atoms with Crippen molar-refractivity contribution in [3.63, 3.8) is 0 Å². The highest BCUT2D eigenvalue weighted by atomic mass is 16.5. The lowest BCUT2D eigenvalue weighted by Crippen LogP contribution is -2.20. The first-order valence-corrected chi connectivity index (χ1v) is 9.23. The second-order valence-corrected chi connectivity index (χ2v) is 6.66. The van der Waals surface area contributed by atoms with Crippen molar-refractivity contribution in [1.29, 1.82) is 0 Å². The molecule has 0 saturated carbocycles. The number of nitrogens with zero attached hydrogens (tertiary/aromatic N) is 1. The Bertz CT molecular complexity index is 1100. The number of fused-ring (bicyclic) bond motifs is 2. The van der Waals surface area contributed by atoms with Gasteiger partial charge in [0.2, 0.25) is 0 Å². The van der Waals surface area contributed by atoms with Crippen molar-refractivity contribution in [2.24, 2.45) is 0 Å². The minimum absolute atomic E-state index is 0.0740. The van der Waals surface area contributed by atoms with E-state index >= 15 is 0 Å². The summed E-state index contributed by atoms with van der Waals surface area (Å²) in [5.41, 5.74) is 5.47. The van der Waals surface area contributed by atoms with Crippen LogP contribution in [0.15, 0.2) is 42.5 Å². The molecule has 1 aliphatic carbocycles. The summed E-state index contributed by atoms with van der Waals surface area (Å²) in [6, 6.07) is 13.6. The molecule has 0 unspecified atom stereocenters. The predicted molar refractivity (Wildman–Crippen MR) is 111 cm³/mol. The van der Waals surface area contributed by atoms with E-state index in [2.05, 4.69) is 11.4 Å². The molecule has 28 heavy (non-hydrogen) atoms. The zero-order valence-corrected chi connectivity index (χ0v) is 16.2. The average molecular weight is 374 g/mol. The summed E-state index contributed by atoms with van der Waals surface area (Å²) in [7, 11) is 4.93. The summed E-state index contributed by atoms with van der Waals surface area (Å²) < 4.78 is 11.0. The second kappa shape index (κ2) is 7.35. The SMILES string of the molecule is CNC(=O)c1c2c(nc3ccccc13)C(=Cc1cccc(OC)c1OC)CC2. The van der Waals surface area contributed by atoms with Gasteiger partial charge in [-0.05, 0) is 42.2 Å². The van der Waals surface area contributed by atoms with Crippen LogP contribution in [0.2, 0.25) is 0 Å². The zero-order valence-electron chi connectivity index (χ0n) is 16.2. The Kier molecular flexibility index (Phi) is 4.74. The molecule has 1 aromatic heterocycles. The lowest BCUT2D eigenvalue weighted by Gasteiger charge is -2.12. The molecule has 0 spiro atoms. The van der Waals surface area contributed by atoms with Crippen LogP contribution in [0.1, 0.15) is 33.6 Å². The molecule has 1 N–H and O–H groups in total. The summed E-state index contributed by atoms with van der Waals surface area (Å²) in [6.07, 6.45) is 3.69. The minimum atomic E-state index is -0.0740. The lowest BCUT2D eigenvalue weighted by molar-refractivity contribution is 0.0964. The summed E-state index contributed by atoms with van der Waals surface area (Å²) in [4.78, 5) is 17.5. The molecule has 0 atom stereocenters. The first-order chi connectivity index (χ1) is 13.7. The van der Waals surface area contributed by atoms with Gasteiger partial charge in [-0.2, -0.15) is 0 Å². The standard InChI is InChI=1S/C23H22N2O3/c1-24-23(26)20-16-8-4-5-9-18(16)25-21-14(11-12-17(20)21)13-15-7-6-10-19(27-2)22(15)28-3/h4-10,13H,11-12H2,1-3H3,(H,24,26). The van der Waals surface area contributed by atoms with Crippen molar-refractivity contribution in [2.75, 3.05) is 21.3 Å². The van der Waals surface area contributed by atoms with Crippen molar-refractivity contribution >= 4 is 28.5 Å². The minimum Gasteiger partial charge on any atom is -0.493 e. The molecule has 1 aliphatic rings. The summed E-state index contributed by atoms with van der Waals surface area (Å²) in [6.45, 7) is 0. The molecule has 0 saturated heterocycles. The van der Waals surface area contributed by atoms with E-state index in [1.807, 2.05) is 42.5 Å². The van der Waals surface area contributed by atoms with Crippen LogP contribution in [0.25, 0.3) is 22.6 Å². The van der Waals surface area contributed by atoms with Gasteiger partial charge < -0.3 is 14.8 Å². The fourth-order valence-corrected chi connectivity index (χ4v) is 3.88. The monoisotopic (exact) mass is 374 g/mol. The van der Waals surface area contributed by atoms with Gasteiger partial charge in [0.05, 0.1) is 31.0 Å². The largest absolute Gasteiger partial charge is 0.493 e. The number of benzene rings is 2. The van der Waals surface area contributed by atoms with Gasteiger partial charge >= 0.3 is 0 Å². The molecular weight excluding hydrogens is 352 g/mol. The van der Waals surface area contributed by atoms with Crippen molar-refractivity contribution in [3.05, 3.63) is 64.8 Å². The van der Waals surface area contributed by atoms with Gasteiger partial charge in [0.25, 0.3) is 5.91 Å². The van der Waals surface area contributed by atoms with E-state index in [-0.39, 0.29) is 5.91 Å². The molecule has 142 valence electrons. The van der Waals surface area contributed by atoms with Gasteiger partial charge in [0, 0.05) is 18.0 Å². The van der Waals surface area contributed by atoms with E-state index in [0.717, 1.165) is 51.7 Å². The summed E-state index contributed by atoms with van der Waals surface area (Å²) >= 11 is 0. The van der Waals surface area contributed by atoms with Crippen LogP contribution in [0, 0.1) is 0 Å². The van der Waals surface area contributed by atoms with Crippen LogP contribution in [0.5, 0.6) is 11.5 Å². The highest BCUT2D eigenvalue weighted by Crippen LogP contribution is 2.40. The number of nitrogens with one attached hydrogen (secondary N) is 1. The van der Waals surface area contributed by atoms with Gasteiger partial charge in [-0.15, -0.1) is 0 Å². The first-order valence-electron chi connectivity index (χ1n) is 9.23. The van der Waals surface area contributed by atoms with Crippen LogP contribution in [-0.2, 0) is 6.42 Å². The Morgan fingerprint density at radius 2 is 1.89 bits per heavy atom. The molecule has 4 rings (SSSR count). The van der Waals surface area contributed by atoms with E-state index in [1.54, 1.807) is 21.3 Å². The van der Waals surface area contributed by atoms with E-state index in [9.17, 15) is 4.79 Å². The van der Waals surface area contributed by atoms with E-state index < -0.39 is 0 Å². The van der Waals surface area contributed by atoms with Gasteiger partial charge in [0.1, 0.15) is 0 Å². The number of aromatic nitrogens is 1. The van der Waals surface area contributed by atoms with Crippen LogP contribution in [0.4, 0.5) is 0 Å². The molecule has 3 aromatic rings. The number of methoxy groups -OCH3 is 2. The normalized spacial score (nSPS) is 14.2. The highest BCUT2D eigenvalue weighted by molar-refractivity contribution is 6.09. The van der Waals surface area contributed by atoms with Crippen LogP contribution >= 0.6 is 0 Å². The van der Waals surface area contributed by atoms with Gasteiger partial charge in [-0.1, -0.05) is 30.3 Å². The molecule has 0 aliphatic heterocycles. The van der Waals surface area contributed by atoms with Crippen LogP contribution in [-0.4, -0.2) is 32.2 Å². The third kappa shape index (κ3) is 2.89. The fraction of sp³-hybridized carbons (Fsp3) is 0.217. The first kappa shape index (κ1) is 18.0. The van der Waals surface area contributed by atoms with Crippen LogP contribution in [0.3, 0.4) is 0 Å². The Labute approximate surface area is 164 Å². The zero-order chi connectivity index (χ0) is 19.7. The third-order valence-electron chi connectivity index (χ3n) is 5.16. The maximum absolute atomic E-state index is 12.6.